The van der Waals surface area contributed by atoms with Gasteiger partial charge in [-0.3, -0.25) is 4.79 Å². The van der Waals surface area contributed by atoms with E-state index in [4.69, 9.17) is 22.1 Å². The van der Waals surface area contributed by atoms with Crippen molar-refractivity contribution in [3.05, 3.63) is 54.1 Å². The SMILES string of the molecule is Nc1ccc(Oc2ccc(CC(=O)Cl)cc2)cc1. The summed E-state index contributed by atoms with van der Waals surface area (Å²) in [6.45, 7) is 0. The van der Waals surface area contributed by atoms with Crippen LogP contribution in [0.5, 0.6) is 11.5 Å². The van der Waals surface area contributed by atoms with Gasteiger partial charge < -0.3 is 10.5 Å². The molecule has 0 aliphatic rings. The Labute approximate surface area is 110 Å². The van der Waals surface area contributed by atoms with Gasteiger partial charge in [0.25, 0.3) is 0 Å². The maximum atomic E-state index is 10.7. The number of nitrogen functional groups attached to an aromatic ring is 1. The van der Waals surface area contributed by atoms with Crippen LogP contribution in [-0.2, 0) is 11.2 Å². The van der Waals surface area contributed by atoms with Gasteiger partial charge in [0.1, 0.15) is 11.5 Å². The van der Waals surface area contributed by atoms with Crippen molar-refractivity contribution in [3.8, 4) is 11.5 Å². The Morgan fingerprint density at radius 1 is 1.00 bits per heavy atom. The maximum Gasteiger partial charge on any atom is 0.226 e. The molecule has 0 atom stereocenters. The third kappa shape index (κ3) is 3.50. The lowest BCUT2D eigenvalue weighted by Crippen LogP contribution is -1.93. The van der Waals surface area contributed by atoms with E-state index in [1.54, 1.807) is 36.4 Å². The summed E-state index contributed by atoms with van der Waals surface area (Å²) in [5, 5.41) is -0.373. The summed E-state index contributed by atoms with van der Waals surface area (Å²) in [5.41, 5.74) is 7.14. The Morgan fingerprint density at radius 3 is 2.00 bits per heavy atom. The average Bonchev–Trinajstić information content (AvgIpc) is 2.34. The smallest absolute Gasteiger partial charge is 0.226 e. The van der Waals surface area contributed by atoms with Crippen molar-refractivity contribution in [2.75, 3.05) is 5.73 Å². The first kappa shape index (κ1) is 12.5. The molecule has 0 amide bonds. The average molecular weight is 262 g/mol. The number of carbonyl (C=O) groups excluding carboxylic acids is 1. The van der Waals surface area contributed by atoms with Crippen LogP contribution in [0.1, 0.15) is 5.56 Å². The Bertz CT molecular complexity index is 535. The first-order valence-electron chi connectivity index (χ1n) is 5.44. The predicted molar refractivity (Wildman–Crippen MR) is 71.9 cm³/mol. The van der Waals surface area contributed by atoms with Gasteiger partial charge in [-0.15, -0.1) is 0 Å². The van der Waals surface area contributed by atoms with Crippen LogP contribution in [0.25, 0.3) is 0 Å². The van der Waals surface area contributed by atoms with Gasteiger partial charge in [0.15, 0.2) is 0 Å². The number of hydrogen-bond donors (Lipinski definition) is 1. The van der Waals surface area contributed by atoms with Crippen LogP contribution in [0.4, 0.5) is 5.69 Å². The first-order chi connectivity index (χ1) is 8.63. The van der Waals surface area contributed by atoms with E-state index in [9.17, 15) is 4.79 Å². The molecule has 0 aliphatic carbocycles. The quantitative estimate of drug-likeness (QED) is 0.678. The van der Waals surface area contributed by atoms with Crippen LogP contribution in [-0.4, -0.2) is 5.24 Å². The van der Waals surface area contributed by atoms with Crippen LogP contribution < -0.4 is 10.5 Å². The largest absolute Gasteiger partial charge is 0.457 e. The summed E-state index contributed by atoms with van der Waals surface area (Å²) in [6.07, 6.45) is 0.226. The van der Waals surface area contributed by atoms with Crippen molar-refractivity contribution < 1.29 is 9.53 Å². The van der Waals surface area contributed by atoms with Gasteiger partial charge in [-0.2, -0.15) is 0 Å². The van der Waals surface area contributed by atoms with E-state index in [1.165, 1.54) is 0 Å². The van der Waals surface area contributed by atoms with Gasteiger partial charge in [0.05, 0.1) is 0 Å². The minimum atomic E-state index is -0.373. The molecule has 0 spiro atoms. The summed E-state index contributed by atoms with van der Waals surface area (Å²) >= 11 is 5.31. The number of rotatable bonds is 4. The van der Waals surface area contributed by atoms with E-state index >= 15 is 0 Å². The van der Waals surface area contributed by atoms with Crippen LogP contribution >= 0.6 is 11.6 Å². The molecule has 0 aliphatic heterocycles. The van der Waals surface area contributed by atoms with Crippen LogP contribution in [0.15, 0.2) is 48.5 Å². The molecule has 2 aromatic rings. The Morgan fingerprint density at radius 2 is 1.50 bits per heavy atom. The summed E-state index contributed by atoms with van der Waals surface area (Å²) in [7, 11) is 0. The molecule has 18 heavy (non-hydrogen) atoms. The highest BCUT2D eigenvalue weighted by atomic mass is 35.5. The highest BCUT2D eigenvalue weighted by Gasteiger charge is 2.01. The van der Waals surface area contributed by atoms with Crippen LogP contribution in [0, 0.1) is 0 Å². The lowest BCUT2D eigenvalue weighted by molar-refractivity contribution is -0.111. The van der Waals surface area contributed by atoms with Gasteiger partial charge in [0.2, 0.25) is 5.24 Å². The molecule has 2 rings (SSSR count). The van der Waals surface area contributed by atoms with E-state index in [-0.39, 0.29) is 11.7 Å². The second-order valence-corrected chi connectivity index (χ2v) is 4.27. The number of anilines is 1. The number of ether oxygens (including phenoxy) is 1. The number of carbonyl (C=O) groups is 1. The van der Waals surface area contributed by atoms with Crippen molar-refractivity contribution in [2.45, 2.75) is 6.42 Å². The molecule has 0 heterocycles. The third-order valence-corrected chi connectivity index (χ3v) is 2.52. The molecule has 0 aromatic heterocycles. The maximum absolute atomic E-state index is 10.7. The topological polar surface area (TPSA) is 52.3 Å². The zero-order valence-electron chi connectivity index (χ0n) is 9.60. The second kappa shape index (κ2) is 5.56. The highest BCUT2D eigenvalue weighted by molar-refractivity contribution is 6.63. The molecule has 92 valence electrons. The Hall–Kier alpha value is -2.00. The van der Waals surface area contributed by atoms with E-state index in [0.717, 1.165) is 5.56 Å². The fourth-order valence-corrected chi connectivity index (χ4v) is 1.66. The molecule has 2 aromatic carbocycles. The standard InChI is InChI=1S/C14H12ClNO2/c15-14(17)9-10-1-5-12(6-2-10)18-13-7-3-11(16)4-8-13/h1-8H,9,16H2. The number of hydrogen-bond acceptors (Lipinski definition) is 3. The van der Waals surface area contributed by atoms with Crippen molar-refractivity contribution in [1.29, 1.82) is 0 Å². The molecule has 0 bridgehead atoms. The van der Waals surface area contributed by atoms with Crippen molar-refractivity contribution in [3.63, 3.8) is 0 Å². The van der Waals surface area contributed by atoms with Gasteiger partial charge in [-0.05, 0) is 53.6 Å². The fraction of sp³-hybridized carbons (Fsp3) is 0.0714. The van der Waals surface area contributed by atoms with Gasteiger partial charge >= 0.3 is 0 Å². The summed E-state index contributed by atoms with van der Waals surface area (Å²) in [6, 6.07) is 14.4. The Balaban J connectivity index is 2.06. The number of benzene rings is 2. The normalized spacial score (nSPS) is 10.1. The van der Waals surface area contributed by atoms with Gasteiger partial charge in [0, 0.05) is 12.1 Å². The molecule has 3 nitrogen and oxygen atoms in total. The third-order valence-electron chi connectivity index (χ3n) is 2.38. The molecule has 0 saturated heterocycles. The molecule has 0 saturated carbocycles. The zero-order chi connectivity index (χ0) is 13.0. The molecule has 0 fully saturated rings. The van der Waals surface area contributed by atoms with Crippen LogP contribution in [0.2, 0.25) is 0 Å². The van der Waals surface area contributed by atoms with Gasteiger partial charge in [-0.1, -0.05) is 12.1 Å². The van der Waals surface area contributed by atoms with E-state index in [1.807, 2.05) is 12.1 Å². The fourth-order valence-electron chi connectivity index (χ4n) is 1.51. The number of halogens is 1. The van der Waals surface area contributed by atoms with Crippen molar-refractivity contribution >= 4 is 22.5 Å². The molecule has 4 heteroatoms. The predicted octanol–water partition coefficient (Wildman–Crippen LogP) is 3.37. The first-order valence-corrected chi connectivity index (χ1v) is 5.82. The summed E-state index contributed by atoms with van der Waals surface area (Å²) < 4.78 is 5.62. The zero-order valence-corrected chi connectivity index (χ0v) is 10.4. The van der Waals surface area contributed by atoms with E-state index in [2.05, 4.69) is 0 Å². The lowest BCUT2D eigenvalue weighted by atomic mass is 10.1. The molecule has 2 N–H and O–H groups in total. The minimum absolute atomic E-state index is 0.226. The molecule has 0 unspecified atom stereocenters. The summed E-state index contributed by atoms with van der Waals surface area (Å²) in [5.74, 6) is 1.41. The second-order valence-electron chi connectivity index (χ2n) is 3.85. The van der Waals surface area contributed by atoms with Crippen LogP contribution in [0.3, 0.4) is 0 Å². The molecular formula is C14H12ClNO2. The minimum Gasteiger partial charge on any atom is -0.457 e. The van der Waals surface area contributed by atoms with Gasteiger partial charge in [-0.25, -0.2) is 0 Å². The molecule has 0 radical (unpaired) electrons. The van der Waals surface area contributed by atoms with Crippen molar-refractivity contribution in [1.82, 2.24) is 0 Å². The van der Waals surface area contributed by atoms with E-state index in [0.29, 0.717) is 17.2 Å². The lowest BCUT2D eigenvalue weighted by Gasteiger charge is -2.06. The summed E-state index contributed by atoms with van der Waals surface area (Å²) in [4.78, 5) is 10.7. The Kier molecular flexibility index (Phi) is 3.85. The molecular weight excluding hydrogens is 250 g/mol. The number of nitrogens with two attached hydrogens (primary N) is 1. The van der Waals surface area contributed by atoms with Crippen molar-refractivity contribution in [2.24, 2.45) is 0 Å². The van der Waals surface area contributed by atoms with E-state index < -0.39 is 0 Å². The highest BCUT2D eigenvalue weighted by Crippen LogP contribution is 2.22. The monoisotopic (exact) mass is 261 g/mol.